The molecule has 12 nitrogen and oxygen atoms in total. The number of amides is 5. The molecule has 1 fully saturated rings. The zero-order chi connectivity index (χ0) is 35.6. The largest absolute Gasteiger partial charge is 0.449 e. The van der Waals surface area contributed by atoms with Gasteiger partial charge in [0.2, 0.25) is 17.7 Å². The van der Waals surface area contributed by atoms with Crippen molar-refractivity contribution in [3.05, 3.63) is 95.6 Å². The zero-order valence-electron chi connectivity index (χ0n) is 27.9. The number of alkyl carbamates (subject to hydrolysis) is 1. The van der Waals surface area contributed by atoms with E-state index in [9.17, 15) is 29.1 Å². The minimum Gasteiger partial charge on any atom is -0.449 e. The molecule has 50 heavy (non-hydrogen) atoms. The second kappa shape index (κ2) is 17.2. The highest BCUT2D eigenvalue weighted by Crippen LogP contribution is 2.44. The van der Waals surface area contributed by atoms with Gasteiger partial charge in [-0.15, -0.1) is 0 Å². The number of carbonyl (C=O) groups excluding carboxylic acids is 5. The fourth-order valence-electron chi connectivity index (χ4n) is 6.30. The smallest absolute Gasteiger partial charge is 0.407 e. The summed E-state index contributed by atoms with van der Waals surface area (Å²) in [6.45, 7) is 1.43. The first-order valence-corrected chi connectivity index (χ1v) is 17.5. The maximum Gasteiger partial charge on any atom is 0.407 e. The average molecular weight is 702 g/mol. The van der Waals surface area contributed by atoms with Crippen LogP contribution in [0, 0.1) is 5.92 Å². The third kappa shape index (κ3) is 9.25. The van der Waals surface area contributed by atoms with Crippen molar-refractivity contribution in [2.24, 2.45) is 5.92 Å². The molecule has 0 bridgehead atoms. The summed E-state index contributed by atoms with van der Waals surface area (Å²) in [4.78, 5) is 64.6. The van der Waals surface area contributed by atoms with E-state index in [4.69, 9.17) is 4.74 Å². The van der Waals surface area contributed by atoms with Crippen LogP contribution in [0.1, 0.15) is 67.7 Å². The standard InChI is InChI=1S/C37H44N5O7P/c1-2-10-29(33(44)36(47)38-20-31(43)41-32(35(46)42-50)23-11-4-3-5-12-23)39-34(45)30(19-22-17-18-22)40-37(48)49-21-28-26-15-8-6-13-24(26)25-14-7-9-16-27(25)28/h3-9,11-16,22,28-30,32-33,44H,2,10,17-21,50H2,1H3,(H,38,47)(H,39,45)(H,40,48)(H,41,43)(H,42,46)/t29?,30-,32+,33?/m1/s1. The highest BCUT2D eigenvalue weighted by molar-refractivity contribution is 7.15. The van der Waals surface area contributed by atoms with Crippen LogP contribution in [0.4, 0.5) is 4.79 Å². The van der Waals surface area contributed by atoms with Gasteiger partial charge in [-0.1, -0.05) is 105 Å². The minimum atomic E-state index is -1.68. The summed E-state index contributed by atoms with van der Waals surface area (Å²) in [6.07, 6.45) is 0.654. The van der Waals surface area contributed by atoms with Crippen molar-refractivity contribution in [2.75, 3.05) is 13.2 Å². The van der Waals surface area contributed by atoms with Crippen molar-refractivity contribution in [1.29, 1.82) is 0 Å². The lowest BCUT2D eigenvalue weighted by Gasteiger charge is -2.26. The Morgan fingerprint density at radius 3 is 2.04 bits per heavy atom. The fraction of sp³-hybridized carbons (Fsp3) is 0.378. The SMILES string of the molecule is CCCC(NC(=O)[C@@H](CC1CC1)NC(=O)OCC1c2ccccc2-c2ccccc21)C(O)C(=O)NCC(=O)N[C@H](C(=O)NP)c1ccccc1. The van der Waals surface area contributed by atoms with Crippen molar-refractivity contribution in [3.63, 3.8) is 0 Å². The van der Waals surface area contributed by atoms with E-state index in [-0.39, 0.29) is 24.9 Å². The summed E-state index contributed by atoms with van der Waals surface area (Å²) in [6, 6.07) is 21.7. The first-order valence-electron chi connectivity index (χ1n) is 16.9. The summed E-state index contributed by atoms with van der Waals surface area (Å²) in [7, 11) is 2.09. The molecule has 2 aliphatic rings. The number of fused-ring (bicyclic) bond motifs is 3. The Balaban J connectivity index is 1.16. The Morgan fingerprint density at radius 2 is 1.44 bits per heavy atom. The van der Waals surface area contributed by atoms with Crippen LogP contribution >= 0.6 is 9.39 Å². The average Bonchev–Trinajstić information content (AvgIpc) is 3.90. The number of rotatable bonds is 16. The molecule has 0 aromatic heterocycles. The van der Waals surface area contributed by atoms with Gasteiger partial charge >= 0.3 is 6.09 Å². The van der Waals surface area contributed by atoms with Crippen molar-refractivity contribution >= 4 is 39.1 Å². The van der Waals surface area contributed by atoms with Gasteiger partial charge in [0.05, 0.1) is 12.6 Å². The molecule has 3 aromatic rings. The molecule has 2 aliphatic carbocycles. The van der Waals surface area contributed by atoms with Gasteiger partial charge < -0.3 is 36.2 Å². The molecule has 3 aromatic carbocycles. The van der Waals surface area contributed by atoms with Crippen LogP contribution in [-0.4, -0.2) is 66.2 Å². The van der Waals surface area contributed by atoms with Crippen LogP contribution in [0.15, 0.2) is 78.9 Å². The first kappa shape index (κ1) is 36.5. The highest BCUT2D eigenvalue weighted by Gasteiger charge is 2.35. The summed E-state index contributed by atoms with van der Waals surface area (Å²) >= 11 is 0. The monoisotopic (exact) mass is 701 g/mol. The molecular weight excluding hydrogens is 657 g/mol. The predicted octanol–water partition coefficient (Wildman–Crippen LogP) is 3.22. The van der Waals surface area contributed by atoms with E-state index >= 15 is 0 Å². The predicted molar refractivity (Wildman–Crippen MR) is 190 cm³/mol. The zero-order valence-corrected chi connectivity index (χ0v) is 29.0. The fourth-order valence-corrected chi connectivity index (χ4v) is 6.47. The molecule has 0 spiro atoms. The van der Waals surface area contributed by atoms with E-state index in [1.165, 1.54) is 0 Å². The van der Waals surface area contributed by atoms with Crippen molar-refractivity contribution < 1.29 is 33.8 Å². The van der Waals surface area contributed by atoms with E-state index in [1.807, 2.05) is 43.3 Å². The van der Waals surface area contributed by atoms with Gasteiger partial charge in [-0.2, -0.15) is 0 Å². The number of hydrogen-bond acceptors (Lipinski definition) is 7. The molecular formula is C37H44N5O7P. The Hall–Kier alpha value is -4.80. The number of carbonyl (C=O) groups is 5. The van der Waals surface area contributed by atoms with Gasteiger partial charge in [0, 0.05) is 5.92 Å². The van der Waals surface area contributed by atoms with Gasteiger partial charge in [-0.3, -0.25) is 19.2 Å². The van der Waals surface area contributed by atoms with Crippen LogP contribution < -0.4 is 26.4 Å². The first-order chi connectivity index (χ1) is 24.2. The lowest BCUT2D eigenvalue weighted by molar-refractivity contribution is -0.135. The third-order valence-corrected chi connectivity index (χ3v) is 9.35. The van der Waals surface area contributed by atoms with E-state index in [0.29, 0.717) is 18.4 Å². The van der Waals surface area contributed by atoms with Gasteiger partial charge in [-0.05, 0) is 56.0 Å². The molecule has 6 N–H and O–H groups in total. The van der Waals surface area contributed by atoms with E-state index in [0.717, 1.165) is 35.1 Å². The number of aliphatic hydroxyl groups excluding tert-OH is 1. The Bertz CT molecular complexity index is 1640. The summed E-state index contributed by atoms with van der Waals surface area (Å²) in [5.74, 6) is -2.40. The molecule has 13 heteroatoms. The highest BCUT2D eigenvalue weighted by atomic mass is 31.0. The van der Waals surface area contributed by atoms with E-state index in [2.05, 4.69) is 47.9 Å². The summed E-state index contributed by atoms with van der Waals surface area (Å²) < 4.78 is 5.68. The third-order valence-electron chi connectivity index (χ3n) is 9.06. The van der Waals surface area contributed by atoms with Gasteiger partial charge in [-0.25, -0.2) is 4.79 Å². The molecule has 0 heterocycles. The molecule has 5 rings (SSSR count). The molecule has 5 amide bonds. The van der Waals surface area contributed by atoms with Gasteiger partial charge in [0.25, 0.3) is 5.91 Å². The second-order valence-corrected chi connectivity index (χ2v) is 13.0. The summed E-state index contributed by atoms with van der Waals surface area (Å²) in [5.41, 5.74) is 4.90. The molecule has 3 unspecified atom stereocenters. The second-order valence-electron chi connectivity index (χ2n) is 12.7. The number of nitrogens with one attached hydrogen (secondary N) is 5. The molecule has 0 saturated heterocycles. The number of aliphatic hydroxyl groups is 1. The van der Waals surface area contributed by atoms with Crippen LogP contribution in [0.2, 0.25) is 0 Å². The van der Waals surface area contributed by atoms with Crippen LogP contribution in [0.3, 0.4) is 0 Å². The quantitative estimate of drug-likeness (QED) is 0.124. The van der Waals surface area contributed by atoms with Crippen LogP contribution in [0.25, 0.3) is 11.1 Å². The Morgan fingerprint density at radius 1 is 0.820 bits per heavy atom. The van der Waals surface area contributed by atoms with Crippen LogP contribution in [0.5, 0.6) is 0 Å². The Kier molecular flexibility index (Phi) is 12.6. The van der Waals surface area contributed by atoms with Crippen molar-refractivity contribution in [2.45, 2.75) is 69.2 Å². The Labute approximate surface area is 293 Å². The van der Waals surface area contributed by atoms with Crippen LogP contribution in [-0.2, 0) is 23.9 Å². The number of hydrogen-bond donors (Lipinski definition) is 6. The topological polar surface area (TPSA) is 175 Å². The van der Waals surface area contributed by atoms with Crippen molar-refractivity contribution in [3.8, 4) is 11.1 Å². The maximum atomic E-state index is 13.5. The normalized spacial score (nSPS) is 15.7. The number of benzene rings is 3. The molecule has 1 saturated carbocycles. The summed E-state index contributed by atoms with van der Waals surface area (Å²) in [5, 5.41) is 23.8. The molecule has 0 radical (unpaired) electrons. The molecule has 264 valence electrons. The minimum absolute atomic E-state index is 0.0940. The van der Waals surface area contributed by atoms with Crippen molar-refractivity contribution in [1.82, 2.24) is 26.4 Å². The lowest BCUT2D eigenvalue weighted by atomic mass is 9.98. The van der Waals surface area contributed by atoms with E-state index < -0.39 is 60.5 Å². The lowest BCUT2D eigenvalue weighted by Crippen LogP contribution is -2.56. The van der Waals surface area contributed by atoms with Gasteiger partial charge in [0.1, 0.15) is 18.7 Å². The molecule has 0 aliphatic heterocycles. The maximum absolute atomic E-state index is 13.5. The molecule has 5 atom stereocenters. The number of ether oxygens (including phenoxy) is 1. The van der Waals surface area contributed by atoms with E-state index in [1.54, 1.807) is 30.3 Å². The van der Waals surface area contributed by atoms with Gasteiger partial charge in [0.15, 0.2) is 6.10 Å².